The van der Waals surface area contributed by atoms with Crippen LogP contribution in [-0.2, 0) is 6.42 Å². The van der Waals surface area contributed by atoms with Crippen molar-refractivity contribution in [1.29, 1.82) is 5.26 Å². The van der Waals surface area contributed by atoms with Gasteiger partial charge in [0.05, 0.1) is 6.07 Å². The average molecular weight is 409 g/mol. The van der Waals surface area contributed by atoms with E-state index < -0.39 is 0 Å². The largest absolute Gasteiger partial charge is 0.219 e. The minimum atomic E-state index is -0.291. The standard InChI is InChI=1S/C25H20N4S/c1-18-12-14-19(15-13-18)16-22(17-26)30-25-27-23(20-8-4-2-5-9-20)24(28-29-25)21-10-6-3-7-11-21/h2-15,22H,16H2,1H3. The van der Waals surface area contributed by atoms with Crippen molar-refractivity contribution in [2.75, 3.05) is 0 Å². The van der Waals surface area contributed by atoms with Crippen LogP contribution in [0.25, 0.3) is 22.5 Å². The molecule has 3 aromatic carbocycles. The van der Waals surface area contributed by atoms with Gasteiger partial charge in [-0.3, -0.25) is 0 Å². The van der Waals surface area contributed by atoms with Gasteiger partial charge in [-0.15, -0.1) is 10.2 Å². The molecular formula is C25H20N4S. The topological polar surface area (TPSA) is 62.5 Å². The van der Waals surface area contributed by atoms with Crippen LogP contribution < -0.4 is 0 Å². The molecule has 0 aliphatic carbocycles. The zero-order valence-electron chi connectivity index (χ0n) is 16.6. The number of rotatable bonds is 6. The van der Waals surface area contributed by atoms with E-state index in [0.717, 1.165) is 28.1 Å². The molecule has 1 unspecified atom stereocenters. The molecule has 0 saturated carbocycles. The number of aromatic nitrogens is 3. The molecule has 4 nitrogen and oxygen atoms in total. The van der Waals surface area contributed by atoms with E-state index in [4.69, 9.17) is 4.98 Å². The van der Waals surface area contributed by atoms with Crippen LogP contribution in [0, 0.1) is 18.3 Å². The summed E-state index contributed by atoms with van der Waals surface area (Å²) in [6.45, 7) is 2.05. The highest BCUT2D eigenvalue weighted by Gasteiger charge is 2.17. The highest BCUT2D eigenvalue weighted by atomic mass is 32.2. The molecule has 30 heavy (non-hydrogen) atoms. The minimum Gasteiger partial charge on any atom is -0.219 e. The molecule has 4 aromatic rings. The fourth-order valence-electron chi connectivity index (χ4n) is 3.13. The Bertz CT molecular complexity index is 1150. The van der Waals surface area contributed by atoms with Crippen molar-refractivity contribution in [1.82, 2.24) is 15.2 Å². The molecule has 0 bridgehead atoms. The summed E-state index contributed by atoms with van der Waals surface area (Å²) in [6, 6.07) is 30.5. The van der Waals surface area contributed by atoms with Gasteiger partial charge < -0.3 is 0 Å². The van der Waals surface area contributed by atoms with E-state index in [1.165, 1.54) is 17.3 Å². The molecule has 0 N–H and O–H groups in total. The molecule has 0 radical (unpaired) electrons. The van der Waals surface area contributed by atoms with Gasteiger partial charge in [-0.2, -0.15) is 5.26 Å². The molecule has 0 amide bonds. The van der Waals surface area contributed by atoms with Gasteiger partial charge in [0.15, 0.2) is 0 Å². The normalized spacial score (nSPS) is 11.6. The van der Waals surface area contributed by atoms with Gasteiger partial charge in [0.2, 0.25) is 5.16 Å². The highest BCUT2D eigenvalue weighted by molar-refractivity contribution is 8.00. The lowest BCUT2D eigenvalue weighted by Gasteiger charge is -2.11. The summed E-state index contributed by atoms with van der Waals surface area (Å²) in [5.74, 6) is 0. The molecule has 1 heterocycles. The minimum absolute atomic E-state index is 0.291. The van der Waals surface area contributed by atoms with Crippen molar-refractivity contribution in [3.05, 3.63) is 96.1 Å². The molecule has 0 fully saturated rings. The van der Waals surface area contributed by atoms with Crippen molar-refractivity contribution in [2.24, 2.45) is 0 Å². The zero-order valence-corrected chi connectivity index (χ0v) is 17.4. The molecular weight excluding hydrogens is 388 g/mol. The number of hydrogen-bond donors (Lipinski definition) is 0. The lowest BCUT2D eigenvalue weighted by molar-refractivity contribution is 0.845. The Balaban J connectivity index is 1.65. The van der Waals surface area contributed by atoms with Crippen molar-refractivity contribution >= 4 is 11.8 Å². The van der Waals surface area contributed by atoms with E-state index in [-0.39, 0.29) is 5.25 Å². The van der Waals surface area contributed by atoms with Crippen LogP contribution in [0.15, 0.2) is 90.1 Å². The number of thioether (sulfide) groups is 1. The second kappa shape index (κ2) is 9.34. The van der Waals surface area contributed by atoms with Gasteiger partial charge in [0.25, 0.3) is 0 Å². The summed E-state index contributed by atoms with van der Waals surface area (Å²) in [6.07, 6.45) is 0.631. The fraction of sp³-hybridized carbons (Fsp3) is 0.120. The van der Waals surface area contributed by atoms with E-state index in [9.17, 15) is 5.26 Å². The molecule has 1 atom stereocenters. The summed E-state index contributed by atoms with van der Waals surface area (Å²) in [4.78, 5) is 4.80. The summed E-state index contributed by atoms with van der Waals surface area (Å²) in [5, 5.41) is 18.7. The van der Waals surface area contributed by atoms with E-state index in [0.29, 0.717) is 11.6 Å². The van der Waals surface area contributed by atoms with Gasteiger partial charge in [0.1, 0.15) is 16.6 Å². The maximum Gasteiger partial charge on any atom is 0.210 e. The number of hydrogen-bond acceptors (Lipinski definition) is 5. The van der Waals surface area contributed by atoms with Gasteiger partial charge >= 0.3 is 0 Å². The third kappa shape index (κ3) is 4.73. The smallest absolute Gasteiger partial charge is 0.210 e. The van der Waals surface area contributed by atoms with Crippen LogP contribution in [0.1, 0.15) is 11.1 Å². The molecule has 0 saturated heterocycles. The first-order chi connectivity index (χ1) is 14.7. The van der Waals surface area contributed by atoms with E-state index in [1.807, 2.05) is 60.7 Å². The van der Waals surface area contributed by atoms with Crippen molar-refractivity contribution in [2.45, 2.75) is 23.8 Å². The fourth-order valence-corrected chi connectivity index (χ4v) is 3.94. The lowest BCUT2D eigenvalue weighted by Crippen LogP contribution is -2.07. The first-order valence-electron chi connectivity index (χ1n) is 9.70. The predicted octanol–water partition coefficient (Wildman–Crippen LogP) is 5.74. The van der Waals surface area contributed by atoms with Crippen LogP contribution in [0.5, 0.6) is 0 Å². The summed E-state index contributed by atoms with van der Waals surface area (Å²) in [7, 11) is 0. The Kier molecular flexibility index (Phi) is 6.17. The van der Waals surface area contributed by atoms with Gasteiger partial charge in [0, 0.05) is 11.1 Å². The van der Waals surface area contributed by atoms with E-state index >= 15 is 0 Å². The number of nitrogens with zero attached hydrogens (tertiary/aromatic N) is 4. The van der Waals surface area contributed by atoms with Gasteiger partial charge in [-0.05, 0) is 18.9 Å². The van der Waals surface area contributed by atoms with Crippen LogP contribution in [0.2, 0.25) is 0 Å². The van der Waals surface area contributed by atoms with Crippen LogP contribution in [-0.4, -0.2) is 20.4 Å². The highest BCUT2D eigenvalue weighted by Crippen LogP contribution is 2.31. The molecule has 146 valence electrons. The Morgan fingerprint density at radius 3 is 2.00 bits per heavy atom. The Morgan fingerprint density at radius 1 is 0.800 bits per heavy atom. The Morgan fingerprint density at radius 2 is 1.40 bits per heavy atom. The SMILES string of the molecule is Cc1ccc(CC(C#N)Sc2nnc(-c3ccccc3)c(-c3ccccc3)n2)cc1. The van der Waals surface area contributed by atoms with Gasteiger partial charge in [-0.25, -0.2) is 4.98 Å². The third-order valence-corrected chi connectivity index (χ3v) is 5.64. The zero-order chi connectivity index (χ0) is 20.8. The number of benzene rings is 3. The van der Waals surface area contributed by atoms with Gasteiger partial charge in [-0.1, -0.05) is 102 Å². The predicted molar refractivity (Wildman–Crippen MR) is 121 cm³/mol. The average Bonchev–Trinajstić information content (AvgIpc) is 2.81. The van der Waals surface area contributed by atoms with E-state index in [2.05, 4.69) is 47.5 Å². The summed E-state index contributed by atoms with van der Waals surface area (Å²) >= 11 is 1.35. The van der Waals surface area contributed by atoms with Crippen LogP contribution in [0.3, 0.4) is 0 Å². The third-order valence-electron chi connectivity index (χ3n) is 4.70. The van der Waals surface area contributed by atoms with Crippen LogP contribution >= 0.6 is 11.8 Å². The first-order valence-corrected chi connectivity index (χ1v) is 10.6. The van der Waals surface area contributed by atoms with E-state index in [1.54, 1.807) is 0 Å². The maximum absolute atomic E-state index is 9.68. The Labute approximate surface area is 180 Å². The quantitative estimate of drug-likeness (QED) is 0.381. The van der Waals surface area contributed by atoms with Crippen LogP contribution in [0.4, 0.5) is 0 Å². The maximum atomic E-state index is 9.68. The van der Waals surface area contributed by atoms with Crippen molar-refractivity contribution in [3.8, 4) is 28.6 Å². The lowest BCUT2D eigenvalue weighted by atomic mass is 10.0. The molecule has 4 rings (SSSR count). The molecule has 1 aromatic heterocycles. The molecule has 5 heteroatoms. The number of aryl methyl sites for hydroxylation is 1. The Hall–Kier alpha value is -3.49. The second-order valence-electron chi connectivity index (χ2n) is 6.95. The second-order valence-corrected chi connectivity index (χ2v) is 8.12. The monoisotopic (exact) mass is 408 g/mol. The molecule has 0 spiro atoms. The van der Waals surface area contributed by atoms with Crippen molar-refractivity contribution < 1.29 is 0 Å². The van der Waals surface area contributed by atoms with Crippen molar-refractivity contribution in [3.63, 3.8) is 0 Å². The molecule has 0 aliphatic rings. The first kappa shape index (κ1) is 19.8. The summed E-state index contributed by atoms with van der Waals surface area (Å²) in [5.41, 5.74) is 5.77. The summed E-state index contributed by atoms with van der Waals surface area (Å²) < 4.78 is 0. The molecule has 0 aliphatic heterocycles. The number of nitriles is 1.